The fraction of sp³-hybridized carbons (Fsp3) is 0.478. The lowest BCUT2D eigenvalue weighted by Gasteiger charge is -2.62. The third-order valence-corrected chi connectivity index (χ3v) is 7.04. The molecule has 0 saturated heterocycles. The van der Waals surface area contributed by atoms with Gasteiger partial charge < -0.3 is 25.5 Å². The number of anilines is 2. The van der Waals surface area contributed by atoms with E-state index in [1.807, 2.05) is 6.07 Å². The van der Waals surface area contributed by atoms with Gasteiger partial charge in [0.1, 0.15) is 5.75 Å². The van der Waals surface area contributed by atoms with Crippen molar-refractivity contribution in [2.75, 3.05) is 23.3 Å². The number of aromatic hydroxyl groups is 1. The second-order valence-corrected chi connectivity index (χ2v) is 8.88. The fourth-order valence-electron chi connectivity index (χ4n) is 5.42. The minimum atomic E-state index is -1.20. The number of hydrogen-bond acceptors (Lipinski definition) is 7. The zero-order valence-electron chi connectivity index (χ0n) is 17.3. The van der Waals surface area contributed by atoms with E-state index in [4.69, 9.17) is 0 Å². The molecule has 0 aromatic heterocycles. The molecule has 8 heteroatoms. The Morgan fingerprint density at radius 2 is 1.84 bits per heavy atom. The molecule has 2 aromatic carbocycles. The molecule has 8 nitrogen and oxygen atoms in total. The van der Waals surface area contributed by atoms with Crippen LogP contribution in [0.3, 0.4) is 0 Å². The van der Waals surface area contributed by atoms with Crippen molar-refractivity contribution >= 4 is 17.1 Å². The average molecular weight is 423 g/mol. The number of nitro benzene ring substituents is 1. The normalized spacial score (nSPS) is 26.7. The van der Waals surface area contributed by atoms with Crippen LogP contribution in [0.2, 0.25) is 0 Å². The Hall–Kier alpha value is -2.84. The van der Waals surface area contributed by atoms with Crippen molar-refractivity contribution in [3.63, 3.8) is 0 Å². The zero-order chi connectivity index (χ0) is 21.9. The van der Waals surface area contributed by atoms with Crippen molar-refractivity contribution in [3.05, 3.63) is 56.6 Å². The highest BCUT2D eigenvalue weighted by Crippen LogP contribution is 2.48. The van der Waals surface area contributed by atoms with Crippen LogP contribution in [-0.2, 0) is 12.8 Å². The largest absolute Gasteiger partial charge is 0.850 e. The van der Waals surface area contributed by atoms with Gasteiger partial charge in [-0.25, -0.2) is 0 Å². The molecule has 1 saturated carbocycles. The molecule has 2 N–H and O–H groups in total. The first kappa shape index (κ1) is 20.1. The molecule has 2 aliphatic heterocycles. The molecule has 5 rings (SSSR count). The highest BCUT2D eigenvalue weighted by atomic mass is 16.6. The Bertz CT molecular complexity index is 1040. The number of nitrogens with zero attached hydrogens (tertiary/aromatic N) is 2. The van der Waals surface area contributed by atoms with Crippen molar-refractivity contribution < 1.29 is 20.2 Å². The Balaban J connectivity index is 1.41. The summed E-state index contributed by atoms with van der Waals surface area (Å²) in [5.41, 5.74) is 4.76. The molecule has 164 valence electrons. The summed E-state index contributed by atoms with van der Waals surface area (Å²) in [5, 5.41) is 51.0. The summed E-state index contributed by atoms with van der Waals surface area (Å²) >= 11 is 0. The van der Waals surface area contributed by atoms with Gasteiger partial charge in [-0.3, -0.25) is 10.1 Å². The summed E-state index contributed by atoms with van der Waals surface area (Å²) in [4.78, 5) is 12.8. The Morgan fingerprint density at radius 3 is 2.52 bits per heavy atom. The Kier molecular flexibility index (Phi) is 4.79. The van der Waals surface area contributed by atoms with Gasteiger partial charge in [-0.15, -0.1) is 12.2 Å². The molecule has 2 heterocycles. The van der Waals surface area contributed by atoms with Gasteiger partial charge in [-0.05, 0) is 67.3 Å². The number of rotatable bonds is 4. The van der Waals surface area contributed by atoms with Gasteiger partial charge in [0, 0.05) is 48.2 Å². The summed E-state index contributed by atoms with van der Waals surface area (Å²) in [6, 6.07) is 5.36. The van der Waals surface area contributed by atoms with E-state index in [1.54, 1.807) is 6.92 Å². The molecule has 0 bridgehead atoms. The standard InChI is InChI=1S/C23H25N3O5/c1-12-10-14(26(30)31)6-7-17(12)24-19-22(28)18(23(19)29)16-11-13-4-2-8-25-9-3-5-15(20(13)25)21(16)27/h6-7,10-11,18-19,22-24,27H,2-5,8-9H2,1H3/q-2. The van der Waals surface area contributed by atoms with Crippen LogP contribution in [0.4, 0.5) is 17.1 Å². The van der Waals surface area contributed by atoms with Gasteiger partial charge in [0.15, 0.2) is 0 Å². The van der Waals surface area contributed by atoms with E-state index in [0.717, 1.165) is 55.6 Å². The summed E-state index contributed by atoms with van der Waals surface area (Å²) in [5.74, 6) is -0.670. The minimum Gasteiger partial charge on any atom is -0.850 e. The van der Waals surface area contributed by atoms with Crippen LogP contribution >= 0.6 is 0 Å². The predicted octanol–water partition coefficient (Wildman–Crippen LogP) is 1.34. The number of non-ortho nitro benzene ring substituents is 1. The maximum Gasteiger partial charge on any atom is 0.269 e. The quantitative estimate of drug-likeness (QED) is 0.562. The van der Waals surface area contributed by atoms with Crippen molar-refractivity contribution in [1.82, 2.24) is 0 Å². The summed E-state index contributed by atoms with van der Waals surface area (Å²) < 4.78 is 0. The molecule has 0 amide bonds. The molecule has 1 aliphatic carbocycles. The van der Waals surface area contributed by atoms with Gasteiger partial charge in [0.05, 0.1) is 4.92 Å². The highest BCUT2D eigenvalue weighted by molar-refractivity contribution is 5.70. The van der Waals surface area contributed by atoms with Crippen LogP contribution < -0.4 is 20.4 Å². The van der Waals surface area contributed by atoms with Crippen LogP contribution in [0.5, 0.6) is 5.75 Å². The van der Waals surface area contributed by atoms with Gasteiger partial charge in [-0.2, -0.15) is 0 Å². The number of benzene rings is 2. The number of phenolic OH excluding ortho intramolecular Hbond substituents is 1. The lowest BCUT2D eigenvalue weighted by Crippen LogP contribution is -2.71. The van der Waals surface area contributed by atoms with Crippen LogP contribution in [0, 0.1) is 17.0 Å². The zero-order valence-corrected chi connectivity index (χ0v) is 17.3. The van der Waals surface area contributed by atoms with Gasteiger partial charge >= 0.3 is 0 Å². The van der Waals surface area contributed by atoms with E-state index in [-0.39, 0.29) is 11.4 Å². The van der Waals surface area contributed by atoms with Gasteiger partial charge in [0.25, 0.3) is 5.69 Å². The molecule has 1 fully saturated rings. The number of hydrogen-bond donors (Lipinski definition) is 2. The van der Waals surface area contributed by atoms with Gasteiger partial charge in [0.2, 0.25) is 0 Å². The SMILES string of the molecule is Cc1cc([N+](=O)[O-])ccc1NC1C([O-])C(c2cc3c4c(c2O)CCCN4CCC3)C1[O-]. The number of phenols is 1. The van der Waals surface area contributed by atoms with E-state index in [2.05, 4.69) is 10.2 Å². The number of nitro groups is 1. The van der Waals surface area contributed by atoms with Crippen LogP contribution in [-0.4, -0.2) is 41.4 Å². The highest BCUT2D eigenvalue weighted by Gasteiger charge is 2.40. The van der Waals surface area contributed by atoms with Crippen LogP contribution in [0.1, 0.15) is 41.0 Å². The molecule has 2 unspecified atom stereocenters. The molecule has 3 aliphatic rings. The fourth-order valence-corrected chi connectivity index (χ4v) is 5.42. The van der Waals surface area contributed by atoms with Crippen molar-refractivity contribution in [1.29, 1.82) is 0 Å². The summed E-state index contributed by atoms with van der Waals surface area (Å²) in [6.07, 6.45) is 1.26. The predicted molar refractivity (Wildman–Crippen MR) is 113 cm³/mol. The lowest BCUT2D eigenvalue weighted by molar-refractivity contribution is -0.530. The van der Waals surface area contributed by atoms with E-state index in [1.165, 1.54) is 18.2 Å². The molecule has 2 atom stereocenters. The second kappa shape index (κ2) is 7.39. The first-order valence-electron chi connectivity index (χ1n) is 10.8. The lowest BCUT2D eigenvalue weighted by atomic mass is 9.68. The van der Waals surface area contributed by atoms with Crippen LogP contribution in [0.15, 0.2) is 24.3 Å². The molecule has 0 radical (unpaired) electrons. The van der Waals surface area contributed by atoms with Crippen molar-refractivity contribution in [2.45, 2.75) is 56.8 Å². The molecular weight excluding hydrogens is 398 g/mol. The molecule has 2 aromatic rings. The summed E-state index contributed by atoms with van der Waals surface area (Å²) in [7, 11) is 0. The van der Waals surface area contributed by atoms with E-state index >= 15 is 0 Å². The average Bonchev–Trinajstić information content (AvgIpc) is 2.76. The number of nitrogens with one attached hydrogen (secondary N) is 1. The minimum absolute atomic E-state index is 0.0334. The topological polar surface area (TPSA) is 125 Å². The monoisotopic (exact) mass is 423 g/mol. The summed E-state index contributed by atoms with van der Waals surface area (Å²) in [6.45, 7) is 3.67. The molecule has 0 spiro atoms. The van der Waals surface area contributed by atoms with Gasteiger partial charge in [-0.1, -0.05) is 0 Å². The third-order valence-electron chi connectivity index (χ3n) is 7.04. The maximum absolute atomic E-state index is 13.1. The smallest absolute Gasteiger partial charge is 0.269 e. The first-order chi connectivity index (χ1) is 14.9. The van der Waals surface area contributed by atoms with E-state index < -0.39 is 29.1 Å². The number of aryl methyl sites for hydroxylation is 2. The third kappa shape index (κ3) is 3.13. The molecular formula is C23H25N3O5-2. The van der Waals surface area contributed by atoms with Crippen molar-refractivity contribution in [2.24, 2.45) is 0 Å². The van der Waals surface area contributed by atoms with Crippen LogP contribution in [0.25, 0.3) is 0 Å². The maximum atomic E-state index is 13.1. The Labute approximate surface area is 180 Å². The second-order valence-electron chi connectivity index (χ2n) is 8.88. The van der Waals surface area contributed by atoms with Crippen molar-refractivity contribution in [3.8, 4) is 5.75 Å². The first-order valence-corrected chi connectivity index (χ1v) is 10.8. The van der Waals surface area contributed by atoms with E-state index in [0.29, 0.717) is 16.8 Å². The van der Waals surface area contributed by atoms with E-state index in [9.17, 15) is 25.4 Å². The molecule has 31 heavy (non-hydrogen) atoms. The Morgan fingerprint density at radius 1 is 1.13 bits per heavy atom.